The van der Waals surface area contributed by atoms with Gasteiger partial charge in [-0.25, -0.2) is 21.6 Å². The third-order valence-corrected chi connectivity index (χ3v) is 5.06. The van der Waals surface area contributed by atoms with Crippen molar-refractivity contribution in [1.82, 2.24) is 9.62 Å². The summed E-state index contributed by atoms with van der Waals surface area (Å²) in [6, 6.07) is 1.33. The Morgan fingerprint density at radius 1 is 1.26 bits per heavy atom. The molecule has 1 saturated heterocycles. The average Bonchev–Trinajstić information content (AvgIpc) is 2.85. The van der Waals surface area contributed by atoms with E-state index < -0.39 is 32.4 Å². The third-order valence-electron chi connectivity index (χ3n) is 3.18. The Balaban J connectivity index is 2.38. The summed E-state index contributed by atoms with van der Waals surface area (Å²) in [5.74, 6) is -4.86. The first kappa shape index (κ1) is 14.3. The van der Waals surface area contributed by atoms with Gasteiger partial charge in [0.15, 0.2) is 17.5 Å². The fraction of sp³-hybridized carbons (Fsp3) is 0.455. The van der Waals surface area contributed by atoms with Gasteiger partial charge in [0, 0.05) is 19.1 Å². The number of halogens is 3. The number of benzene rings is 1. The van der Waals surface area contributed by atoms with Gasteiger partial charge in [-0.3, -0.25) is 0 Å². The van der Waals surface area contributed by atoms with Crippen LogP contribution in [0.1, 0.15) is 6.42 Å². The Morgan fingerprint density at radius 3 is 2.53 bits per heavy atom. The maximum atomic E-state index is 13.6. The van der Waals surface area contributed by atoms with E-state index in [1.165, 1.54) is 0 Å². The minimum atomic E-state index is -4.14. The van der Waals surface area contributed by atoms with E-state index in [0.717, 1.165) is 10.4 Å². The normalized spacial score (nSPS) is 20.9. The molecule has 4 nitrogen and oxygen atoms in total. The minimum absolute atomic E-state index is 0.0249. The van der Waals surface area contributed by atoms with E-state index >= 15 is 0 Å². The van der Waals surface area contributed by atoms with Crippen molar-refractivity contribution in [2.24, 2.45) is 0 Å². The molecule has 19 heavy (non-hydrogen) atoms. The molecule has 0 aliphatic carbocycles. The molecule has 0 saturated carbocycles. The van der Waals surface area contributed by atoms with E-state index in [-0.39, 0.29) is 19.1 Å². The molecule has 0 bridgehead atoms. The Labute approximate surface area is 109 Å². The van der Waals surface area contributed by atoms with Crippen molar-refractivity contribution in [3.05, 3.63) is 29.6 Å². The Kier molecular flexibility index (Phi) is 3.84. The number of rotatable bonds is 3. The van der Waals surface area contributed by atoms with E-state index in [9.17, 15) is 21.6 Å². The van der Waals surface area contributed by atoms with Crippen molar-refractivity contribution in [1.29, 1.82) is 0 Å². The quantitative estimate of drug-likeness (QED) is 0.849. The molecule has 0 amide bonds. The maximum absolute atomic E-state index is 13.6. The topological polar surface area (TPSA) is 49.4 Å². The summed E-state index contributed by atoms with van der Waals surface area (Å²) in [7, 11) is -2.45. The SMILES string of the molecule is CNC1CCN(S(=O)(=O)c2ccc(F)c(F)c2F)C1. The van der Waals surface area contributed by atoms with Gasteiger partial charge in [0.2, 0.25) is 10.0 Å². The molecule has 1 aliphatic heterocycles. The second-order valence-corrected chi connectivity index (χ2v) is 6.22. The molecule has 106 valence electrons. The molecule has 0 aromatic heterocycles. The summed E-state index contributed by atoms with van der Waals surface area (Å²) in [5, 5.41) is 2.92. The van der Waals surface area contributed by atoms with Gasteiger partial charge in [-0.1, -0.05) is 0 Å². The molecule has 1 aromatic rings. The molecule has 2 rings (SSSR count). The van der Waals surface area contributed by atoms with Crippen LogP contribution in [0.2, 0.25) is 0 Å². The fourth-order valence-corrected chi connectivity index (χ4v) is 3.58. The van der Waals surface area contributed by atoms with Crippen LogP contribution in [-0.4, -0.2) is 38.9 Å². The number of nitrogens with one attached hydrogen (secondary N) is 1. The first-order chi connectivity index (χ1) is 8.87. The lowest BCUT2D eigenvalue weighted by Crippen LogP contribution is -2.34. The Bertz CT molecular complexity index is 592. The lowest BCUT2D eigenvalue weighted by molar-refractivity contribution is 0.421. The molecule has 8 heteroatoms. The van der Waals surface area contributed by atoms with E-state index in [0.29, 0.717) is 12.5 Å². The molecular formula is C11H13F3N2O2S. The predicted octanol–water partition coefficient (Wildman–Crippen LogP) is 1.09. The van der Waals surface area contributed by atoms with Crippen LogP contribution in [0.3, 0.4) is 0 Å². The van der Waals surface area contributed by atoms with Crippen LogP contribution < -0.4 is 5.32 Å². The van der Waals surface area contributed by atoms with Gasteiger partial charge < -0.3 is 5.32 Å². The number of sulfonamides is 1. The molecule has 1 N–H and O–H groups in total. The first-order valence-electron chi connectivity index (χ1n) is 5.69. The first-order valence-corrected chi connectivity index (χ1v) is 7.13. The summed E-state index contributed by atoms with van der Waals surface area (Å²) < 4.78 is 64.8. The van der Waals surface area contributed by atoms with Crippen LogP contribution in [0.4, 0.5) is 13.2 Å². The highest BCUT2D eigenvalue weighted by Crippen LogP contribution is 2.25. The smallest absolute Gasteiger partial charge is 0.246 e. The van der Waals surface area contributed by atoms with Crippen molar-refractivity contribution in [3.8, 4) is 0 Å². The van der Waals surface area contributed by atoms with Crippen LogP contribution in [0.15, 0.2) is 17.0 Å². The Morgan fingerprint density at radius 2 is 1.95 bits per heavy atom. The standard InChI is InChI=1S/C11H13F3N2O2S/c1-15-7-4-5-16(6-7)19(17,18)9-3-2-8(12)10(13)11(9)14/h2-3,7,15H,4-6H2,1H3. The van der Waals surface area contributed by atoms with Gasteiger partial charge in [0.1, 0.15) is 4.90 Å². The van der Waals surface area contributed by atoms with Crippen LogP contribution in [-0.2, 0) is 10.0 Å². The van der Waals surface area contributed by atoms with Crippen LogP contribution in [0, 0.1) is 17.5 Å². The molecular weight excluding hydrogens is 281 g/mol. The molecule has 1 heterocycles. The van der Waals surface area contributed by atoms with Crippen molar-refractivity contribution in [2.45, 2.75) is 17.4 Å². The lowest BCUT2D eigenvalue weighted by atomic mass is 10.3. The number of likely N-dealkylation sites (N-methyl/N-ethyl adjacent to an activating group) is 1. The zero-order chi connectivity index (χ0) is 14.2. The van der Waals surface area contributed by atoms with Gasteiger partial charge in [-0.15, -0.1) is 0 Å². The minimum Gasteiger partial charge on any atom is -0.316 e. The summed E-state index contributed by atoms with van der Waals surface area (Å²) in [6.45, 7) is 0.392. The summed E-state index contributed by atoms with van der Waals surface area (Å²) in [4.78, 5) is -0.830. The Hall–Kier alpha value is -1.12. The maximum Gasteiger partial charge on any atom is 0.246 e. The largest absolute Gasteiger partial charge is 0.316 e. The zero-order valence-electron chi connectivity index (χ0n) is 10.2. The number of hydrogen-bond donors (Lipinski definition) is 1. The van der Waals surface area contributed by atoms with Crippen molar-refractivity contribution >= 4 is 10.0 Å². The zero-order valence-corrected chi connectivity index (χ0v) is 11.0. The third kappa shape index (κ3) is 2.47. The van der Waals surface area contributed by atoms with Gasteiger partial charge in [0.05, 0.1) is 0 Å². The number of hydrogen-bond acceptors (Lipinski definition) is 3. The van der Waals surface area contributed by atoms with E-state index in [2.05, 4.69) is 5.32 Å². The van der Waals surface area contributed by atoms with Crippen molar-refractivity contribution in [3.63, 3.8) is 0 Å². The molecule has 1 fully saturated rings. The molecule has 1 aromatic carbocycles. The lowest BCUT2D eigenvalue weighted by Gasteiger charge is -2.17. The van der Waals surface area contributed by atoms with E-state index in [4.69, 9.17) is 0 Å². The van der Waals surface area contributed by atoms with Crippen LogP contribution >= 0.6 is 0 Å². The molecule has 1 unspecified atom stereocenters. The van der Waals surface area contributed by atoms with Gasteiger partial charge in [-0.2, -0.15) is 4.31 Å². The molecule has 1 atom stereocenters. The average molecular weight is 294 g/mol. The van der Waals surface area contributed by atoms with E-state index in [1.54, 1.807) is 7.05 Å². The second-order valence-electron chi connectivity index (χ2n) is 4.31. The molecule has 0 spiro atoms. The summed E-state index contributed by atoms with van der Waals surface area (Å²) >= 11 is 0. The second kappa shape index (κ2) is 5.10. The highest BCUT2D eigenvalue weighted by atomic mass is 32.2. The fourth-order valence-electron chi connectivity index (χ4n) is 2.03. The van der Waals surface area contributed by atoms with Gasteiger partial charge in [0.25, 0.3) is 0 Å². The van der Waals surface area contributed by atoms with Crippen molar-refractivity contribution < 1.29 is 21.6 Å². The monoisotopic (exact) mass is 294 g/mol. The highest BCUT2D eigenvalue weighted by molar-refractivity contribution is 7.89. The predicted molar refractivity (Wildman–Crippen MR) is 62.5 cm³/mol. The van der Waals surface area contributed by atoms with E-state index in [1.807, 2.05) is 0 Å². The van der Waals surface area contributed by atoms with Crippen LogP contribution in [0.5, 0.6) is 0 Å². The summed E-state index contributed by atoms with van der Waals surface area (Å²) in [6.07, 6.45) is 0.584. The van der Waals surface area contributed by atoms with Crippen LogP contribution in [0.25, 0.3) is 0 Å². The van der Waals surface area contributed by atoms with Gasteiger partial charge >= 0.3 is 0 Å². The molecule has 1 aliphatic rings. The highest BCUT2D eigenvalue weighted by Gasteiger charge is 2.34. The van der Waals surface area contributed by atoms with Gasteiger partial charge in [-0.05, 0) is 25.6 Å². The number of nitrogens with zero attached hydrogens (tertiary/aromatic N) is 1. The molecule has 0 radical (unpaired) electrons. The summed E-state index contributed by atoms with van der Waals surface area (Å²) in [5.41, 5.74) is 0. The van der Waals surface area contributed by atoms with Crippen molar-refractivity contribution in [2.75, 3.05) is 20.1 Å².